The summed E-state index contributed by atoms with van der Waals surface area (Å²) < 4.78 is 32.5. The third kappa shape index (κ3) is 4.50. The summed E-state index contributed by atoms with van der Waals surface area (Å²) in [6.45, 7) is 1.72. The van der Waals surface area contributed by atoms with Gasteiger partial charge in [-0.15, -0.1) is 0 Å². The number of fused-ring (bicyclic) bond motifs is 1. The minimum atomic E-state index is -0.641. The summed E-state index contributed by atoms with van der Waals surface area (Å²) in [6.07, 6.45) is 0. The molecule has 0 radical (unpaired) electrons. The van der Waals surface area contributed by atoms with Crippen molar-refractivity contribution in [3.8, 4) is 39.9 Å². The molecule has 0 spiro atoms. The largest absolute Gasteiger partial charge is 0.497 e. The molecule has 0 N–H and O–H groups in total. The number of rotatable bonds is 7. The van der Waals surface area contributed by atoms with Crippen molar-refractivity contribution in [2.45, 2.75) is 6.92 Å². The Labute approximate surface area is 201 Å². The highest BCUT2D eigenvalue weighted by molar-refractivity contribution is 5.93. The van der Waals surface area contributed by atoms with E-state index in [0.717, 1.165) is 5.56 Å². The lowest BCUT2D eigenvalue weighted by Gasteiger charge is -2.14. The van der Waals surface area contributed by atoms with Gasteiger partial charge in [-0.2, -0.15) is 0 Å². The average molecular weight is 476 g/mol. The molecule has 1 heterocycles. The molecule has 180 valence electrons. The first-order chi connectivity index (χ1) is 16.9. The average Bonchev–Trinajstić information content (AvgIpc) is 2.87. The van der Waals surface area contributed by atoms with E-state index in [2.05, 4.69) is 0 Å². The Hall–Kier alpha value is -4.46. The van der Waals surface area contributed by atoms with Crippen molar-refractivity contribution in [2.24, 2.45) is 0 Å². The van der Waals surface area contributed by atoms with Crippen LogP contribution in [0.5, 0.6) is 28.7 Å². The molecule has 8 heteroatoms. The van der Waals surface area contributed by atoms with Crippen LogP contribution in [-0.2, 0) is 0 Å². The number of esters is 1. The molecule has 4 aromatic rings. The highest BCUT2D eigenvalue weighted by Gasteiger charge is 2.19. The van der Waals surface area contributed by atoms with E-state index in [1.165, 1.54) is 39.5 Å². The normalized spacial score (nSPS) is 10.7. The summed E-state index contributed by atoms with van der Waals surface area (Å²) in [5.41, 5.74) is 1.50. The van der Waals surface area contributed by atoms with Gasteiger partial charge in [-0.1, -0.05) is 12.1 Å². The van der Waals surface area contributed by atoms with Gasteiger partial charge in [0.15, 0.2) is 11.5 Å². The second kappa shape index (κ2) is 9.80. The van der Waals surface area contributed by atoms with E-state index in [9.17, 15) is 9.59 Å². The quantitative estimate of drug-likeness (QED) is 0.271. The van der Waals surface area contributed by atoms with Crippen LogP contribution >= 0.6 is 0 Å². The Morgan fingerprint density at radius 3 is 1.97 bits per heavy atom. The lowest BCUT2D eigenvalue weighted by atomic mass is 10.0. The van der Waals surface area contributed by atoms with Crippen molar-refractivity contribution in [2.75, 3.05) is 28.4 Å². The fraction of sp³-hybridized carbons (Fsp3) is 0.185. The molecule has 0 bridgehead atoms. The number of methoxy groups -OCH3 is 4. The Kier molecular flexibility index (Phi) is 6.64. The predicted octanol–water partition coefficient (Wildman–Crippen LogP) is 5.02. The summed E-state index contributed by atoms with van der Waals surface area (Å²) >= 11 is 0. The lowest BCUT2D eigenvalue weighted by molar-refractivity contribution is 0.0734. The zero-order chi connectivity index (χ0) is 25.1. The van der Waals surface area contributed by atoms with Crippen LogP contribution in [0.15, 0.2) is 63.8 Å². The van der Waals surface area contributed by atoms with Crippen molar-refractivity contribution < 1.29 is 32.9 Å². The first-order valence-corrected chi connectivity index (χ1v) is 10.6. The SMILES string of the molecule is COc1ccc(-c2c(C)oc3cc(OC(=O)c4cc(OC)c(OC)c(OC)c4)ccc3c2=O)cc1. The molecule has 3 aromatic carbocycles. The van der Waals surface area contributed by atoms with Crippen molar-refractivity contribution in [1.29, 1.82) is 0 Å². The first kappa shape index (κ1) is 23.7. The van der Waals surface area contributed by atoms with Gasteiger partial charge in [0.25, 0.3) is 0 Å². The predicted molar refractivity (Wildman–Crippen MR) is 130 cm³/mol. The van der Waals surface area contributed by atoms with E-state index in [4.69, 9.17) is 28.1 Å². The molecule has 0 amide bonds. The molecule has 0 aliphatic heterocycles. The maximum Gasteiger partial charge on any atom is 0.343 e. The van der Waals surface area contributed by atoms with Crippen LogP contribution in [0.4, 0.5) is 0 Å². The van der Waals surface area contributed by atoms with Gasteiger partial charge in [-0.3, -0.25) is 4.79 Å². The summed E-state index contributed by atoms with van der Waals surface area (Å²) in [6, 6.07) is 14.8. The van der Waals surface area contributed by atoms with E-state index in [1.54, 1.807) is 50.4 Å². The summed E-state index contributed by atoms with van der Waals surface area (Å²) in [4.78, 5) is 26.1. The number of carbonyl (C=O) groups excluding carboxylic acids is 1. The molecule has 35 heavy (non-hydrogen) atoms. The van der Waals surface area contributed by atoms with Crippen LogP contribution < -0.4 is 29.1 Å². The molecule has 0 aliphatic carbocycles. The van der Waals surface area contributed by atoms with E-state index in [0.29, 0.717) is 45.3 Å². The number of carbonyl (C=O) groups is 1. The topological polar surface area (TPSA) is 93.4 Å². The van der Waals surface area contributed by atoms with Crippen LogP contribution in [0.25, 0.3) is 22.1 Å². The summed E-state index contributed by atoms with van der Waals surface area (Å²) in [5, 5.41) is 0.369. The highest BCUT2D eigenvalue weighted by Crippen LogP contribution is 2.38. The van der Waals surface area contributed by atoms with Crippen LogP contribution in [0.3, 0.4) is 0 Å². The molecule has 0 aliphatic rings. The Balaban J connectivity index is 1.68. The van der Waals surface area contributed by atoms with Gasteiger partial charge in [0, 0.05) is 6.07 Å². The van der Waals surface area contributed by atoms with Crippen molar-refractivity contribution in [1.82, 2.24) is 0 Å². The third-order valence-corrected chi connectivity index (χ3v) is 5.53. The van der Waals surface area contributed by atoms with Gasteiger partial charge in [-0.05, 0) is 48.9 Å². The Morgan fingerprint density at radius 2 is 1.40 bits per heavy atom. The maximum absolute atomic E-state index is 13.2. The fourth-order valence-electron chi connectivity index (χ4n) is 3.81. The second-order valence-electron chi connectivity index (χ2n) is 7.55. The molecule has 4 rings (SSSR count). The number of hydrogen-bond donors (Lipinski definition) is 0. The van der Waals surface area contributed by atoms with Crippen LogP contribution in [-0.4, -0.2) is 34.4 Å². The summed E-state index contributed by atoms with van der Waals surface area (Å²) in [5.74, 6) is 1.72. The van der Waals surface area contributed by atoms with E-state index < -0.39 is 5.97 Å². The zero-order valence-electron chi connectivity index (χ0n) is 20.0. The second-order valence-corrected chi connectivity index (χ2v) is 7.55. The van der Waals surface area contributed by atoms with Gasteiger partial charge < -0.3 is 28.1 Å². The molecule has 0 saturated carbocycles. The monoisotopic (exact) mass is 476 g/mol. The van der Waals surface area contributed by atoms with Gasteiger partial charge in [0.05, 0.1) is 45.0 Å². The Bertz CT molecular complexity index is 1430. The molecule has 8 nitrogen and oxygen atoms in total. The number of ether oxygens (including phenoxy) is 5. The third-order valence-electron chi connectivity index (χ3n) is 5.53. The fourth-order valence-corrected chi connectivity index (χ4v) is 3.81. The molecule has 0 fully saturated rings. The molecular formula is C27H24O8. The van der Waals surface area contributed by atoms with Crippen LogP contribution in [0.1, 0.15) is 16.1 Å². The van der Waals surface area contributed by atoms with Crippen molar-refractivity contribution in [3.63, 3.8) is 0 Å². The van der Waals surface area contributed by atoms with Crippen molar-refractivity contribution >= 4 is 16.9 Å². The molecule has 0 saturated heterocycles. The standard InChI is InChI=1S/C27H24O8/c1-15-24(16-6-8-18(30-2)9-7-16)25(28)20-11-10-19(14-21(20)34-15)35-27(29)17-12-22(31-3)26(33-5)23(13-17)32-4/h6-14H,1-5H3. The highest BCUT2D eigenvalue weighted by atomic mass is 16.5. The van der Waals surface area contributed by atoms with Gasteiger partial charge in [0.2, 0.25) is 11.2 Å². The first-order valence-electron chi connectivity index (χ1n) is 10.6. The zero-order valence-corrected chi connectivity index (χ0v) is 20.0. The number of hydrogen-bond acceptors (Lipinski definition) is 8. The van der Waals surface area contributed by atoms with Gasteiger partial charge >= 0.3 is 5.97 Å². The molecule has 1 aromatic heterocycles. The number of aryl methyl sites for hydroxylation is 1. The minimum Gasteiger partial charge on any atom is -0.497 e. The van der Waals surface area contributed by atoms with Crippen molar-refractivity contribution in [3.05, 3.63) is 76.1 Å². The van der Waals surface area contributed by atoms with E-state index in [-0.39, 0.29) is 16.7 Å². The Morgan fingerprint density at radius 1 is 0.771 bits per heavy atom. The lowest BCUT2D eigenvalue weighted by Crippen LogP contribution is -2.11. The van der Waals surface area contributed by atoms with Crippen LogP contribution in [0.2, 0.25) is 0 Å². The maximum atomic E-state index is 13.2. The smallest absolute Gasteiger partial charge is 0.343 e. The molecular weight excluding hydrogens is 452 g/mol. The number of benzene rings is 3. The molecule has 0 unspecified atom stereocenters. The molecule has 0 atom stereocenters. The minimum absolute atomic E-state index is 0.184. The van der Waals surface area contributed by atoms with Gasteiger partial charge in [-0.25, -0.2) is 4.79 Å². The van der Waals surface area contributed by atoms with E-state index >= 15 is 0 Å². The summed E-state index contributed by atoms with van der Waals surface area (Å²) in [7, 11) is 5.97. The van der Waals surface area contributed by atoms with Gasteiger partial charge in [0.1, 0.15) is 22.8 Å². The van der Waals surface area contributed by atoms with Crippen LogP contribution in [0, 0.1) is 6.92 Å². The van der Waals surface area contributed by atoms with E-state index in [1.807, 2.05) is 0 Å².